The number of benzene rings is 1. The fourth-order valence-electron chi connectivity index (χ4n) is 1.74. The largest absolute Gasteiger partial charge is 0.265 e. The highest BCUT2D eigenvalue weighted by Gasteiger charge is 2.19. The lowest BCUT2D eigenvalue weighted by Crippen LogP contribution is -2.16. The van der Waals surface area contributed by atoms with Gasteiger partial charge < -0.3 is 0 Å². The highest BCUT2D eigenvalue weighted by Crippen LogP contribution is 2.17. The predicted molar refractivity (Wildman–Crippen MR) is 73.5 cm³/mol. The van der Waals surface area contributed by atoms with E-state index < -0.39 is 10.0 Å². The van der Waals surface area contributed by atoms with Gasteiger partial charge in [0.2, 0.25) is 5.95 Å². The van der Waals surface area contributed by atoms with Crippen molar-refractivity contribution < 1.29 is 8.42 Å². The maximum Gasteiger partial charge on any atom is 0.265 e. The highest BCUT2D eigenvalue weighted by molar-refractivity contribution is 7.92. The summed E-state index contributed by atoms with van der Waals surface area (Å²) in [6, 6.07) is 9.55. The zero-order valence-electron chi connectivity index (χ0n) is 11.0. The van der Waals surface area contributed by atoms with Gasteiger partial charge in [0.25, 0.3) is 10.0 Å². The molecule has 20 heavy (non-hydrogen) atoms. The third-order valence-corrected chi connectivity index (χ3v) is 3.89. The van der Waals surface area contributed by atoms with E-state index in [0.717, 1.165) is 0 Å². The normalized spacial score (nSPS) is 10.8. The van der Waals surface area contributed by atoms with Crippen LogP contribution < -0.4 is 4.72 Å². The topological polar surface area (TPSA) is 95.7 Å². The molecule has 0 aliphatic heterocycles. The maximum atomic E-state index is 12.3. The van der Waals surface area contributed by atoms with Crippen molar-refractivity contribution in [1.29, 1.82) is 5.26 Å². The third kappa shape index (κ3) is 2.92. The molecule has 0 aliphatic rings. The van der Waals surface area contributed by atoms with Gasteiger partial charge in [-0.05, 0) is 32.0 Å². The Hall–Kier alpha value is -2.46. The van der Waals surface area contributed by atoms with Crippen molar-refractivity contribution >= 4 is 16.0 Å². The zero-order chi connectivity index (χ0) is 14.8. The van der Waals surface area contributed by atoms with Crippen LogP contribution in [0, 0.1) is 25.2 Å². The average Bonchev–Trinajstić information content (AvgIpc) is 2.36. The minimum atomic E-state index is -3.89. The quantitative estimate of drug-likeness (QED) is 0.928. The summed E-state index contributed by atoms with van der Waals surface area (Å²) in [5, 5.41) is 8.96. The van der Waals surface area contributed by atoms with Crippen molar-refractivity contribution in [1.82, 2.24) is 9.97 Å². The molecule has 0 radical (unpaired) electrons. The average molecular weight is 288 g/mol. The van der Waals surface area contributed by atoms with Gasteiger partial charge in [-0.15, -0.1) is 0 Å². The maximum absolute atomic E-state index is 12.3. The Balaban J connectivity index is 2.44. The van der Waals surface area contributed by atoms with E-state index in [-0.39, 0.29) is 16.4 Å². The molecular formula is C13H12N4O2S. The molecule has 0 bridgehead atoms. The molecule has 0 unspecified atom stereocenters. The van der Waals surface area contributed by atoms with Gasteiger partial charge in [-0.25, -0.2) is 23.1 Å². The van der Waals surface area contributed by atoms with Crippen LogP contribution in [0.25, 0.3) is 0 Å². The molecule has 1 N–H and O–H groups in total. The van der Waals surface area contributed by atoms with Gasteiger partial charge in [-0.1, -0.05) is 12.1 Å². The summed E-state index contributed by atoms with van der Waals surface area (Å²) in [6.45, 7) is 3.49. The van der Waals surface area contributed by atoms with Crippen LogP contribution in [0.15, 0.2) is 35.2 Å². The van der Waals surface area contributed by atoms with Crippen LogP contribution in [0.1, 0.15) is 17.0 Å². The monoisotopic (exact) mass is 288 g/mol. The molecule has 102 valence electrons. The molecule has 0 amide bonds. The van der Waals surface area contributed by atoms with Crippen molar-refractivity contribution in [3.05, 3.63) is 47.3 Å². The van der Waals surface area contributed by atoms with Crippen LogP contribution in [0.5, 0.6) is 0 Å². The Labute approximate surface area is 117 Å². The van der Waals surface area contributed by atoms with Gasteiger partial charge in [0.15, 0.2) is 0 Å². The number of nitriles is 1. The van der Waals surface area contributed by atoms with Crippen molar-refractivity contribution in [2.75, 3.05) is 4.72 Å². The molecule has 1 aromatic carbocycles. The van der Waals surface area contributed by atoms with E-state index in [9.17, 15) is 8.42 Å². The summed E-state index contributed by atoms with van der Waals surface area (Å²) in [7, 11) is -3.89. The van der Waals surface area contributed by atoms with E-state index in [0.29, 0.717) is 11.4 Å². The molecule has 0 saturated heterocycles. The number of anilines is 1. The standard InChI is InChI=1S/C13H12N4O2S/c1-9-7-10(2)16-13(15-9)17-20(18,19)12-6-4-3-5-11(12)8-14/h3-7H,1-2H3,(H,15,16,17). The lowest BCUT2D eigenvalue weighted by Gasteiger charge is -2.08. The number of nitrogens with one attached hydrogen (secondary N) is 1. The third-order valence-electron chi connectivity index (χ3n) is 2.50. The zero-order valence-corrected chi connectivity index (χ0v) is 11.8. The van der Waals surface area contributed by atoms with Crippen molar-refractivity contribution in [3.63, 3.8) is 0 Å². The van der Waals surface area contributed by atoms with Crippen LogP contribution in [0.4, 0.5) is 5.95 Å². The number of hydrogen-bond acceptors (Lipinski definition) is 5. The minimum Gasteiger partial charge on any atom is -0.247 e. The van der Waals surface area contributed by atoms with E-state index in [1.54, 1.807) is 32.0 Å². The SMILES string of the molecule is Cc1cc(C)nc(NS(=O)(=O)c2ccccc2C#N)n1. The van der Waals surface area contributed by atoms with Gasteiger partial charge in [0.1, 0.15) is 11.0 Å². The van der Waals surface area contributed by atoms with E-state index in [4.69, 9.17) is 5.26 Å². The Morgan fingerprint density at radius 1 is 1.15 bits per heavy atom. The van der Waals surface area contributed by atoms with Crippen molar-refractivity contribution in [2.45, 2.75) is 18.7 Å². The van der Waals surface area contributed by atoms with Crippen LogP contribution >= 0.6 is 0 Å². The van der Waals surface area contributed by atoms with Crippen molar-refractivity contribution in [3.8, 4) is 6.07 Å². The minimum absolute atomic E-state index is 0.00440. The predicted octanol–water partition coefficient (Wildman–Crippen LogP) is 1.77. The molecule has 0 spiro atoms. The molecular weight excluding hydrogens is 276 g/mol. The van der Waals surface area contributed by atoms with Crippen LogP contribution in [-0.2, 0) is 10.0 Å². The Kier molecular flexibility index (Phi) is 3.68. The van der Waals surface area contributed by atoms with E-state index >= 15 is 0 Å². The second-order valence-corrected chi connectivity index (χ2v) is 5.84. The second kappa shape index (κ2) is 5.27. The van der Waals surface area contributed by atoms with Crippen LogP contribution in [0.2, 0.25) is 0 Å². The van der Waals surface area contributed by atoms with Crippen molar-refractivity contribution in [2.24, 2.45) is 0 Å². The molecule has 7 heteroatoms. The first-order valence-corrected chi connectivity index (χ1v) is 7.25. The van der Waals surface area contributed by atoms with E-state index in [1.165, 1.54) is 12.1 Å². The molecule has 0 saturated carbocycles. The summed E-state index contributed by atoms with van der Waals surface area (Å²) in [6.07, 6.45) is 0. The fourth-order valence-corrected chi connectivity index (χ4v) is 2.84. The number of aryl methyl sites for hydroxylation is 2. The molecule has 0 atom stereocenters. The van der Waals surface area contributed by atoms with E-state index in [2.05, 4.69) is 14.7 Å². The number of hydrogen-bond donors (Lipinski definition) is 1. The summed E-state index contributed by atoms with van der Waals surface area (Å²) in [5.41, 5.74) is 1.39. The number of rotatable bonds is 3. The highest BCUT2D eigenvalue weighted by atomic mass is 32.2. The lowest BCUT2D eigenvalue weighted by atomic mass is 10.2. The summed E-state index contributed by atoms with van der Waals surface area (Å²) < 4.78 is 26.8. The molecule has 2 rings (SSSR count). The molecule has 1 heterocycles. The molecule has 0 fully saturated rings. The van der Waals surface area contributed by atoms with Gasteiger partial charge in [0, 0.05) is 11.4 Å². The number of nitrogens with zero attached hydrogens (tertiary/aromatic N) is 3. The number of sulfonamides is 1. The van der Waals surface area contributed by atoms with Crippen LogP contribution in [-0.4, -0.2) is 18.4 Å². The molecule has 2 aromatic rings. The number of aromatic nitrogens is 2. The van der Waals surface area contributed by atoms with E-state index in [1.807, 2.05) is 6.07 Å². The molecule has 6 nitrogen and oxygen atoms in total. The van der Waals surface area contributed by atoms with Crippen LogP contribution in [0.3, 0.4) is 0 Å². The molecule has 1 aromatic heterocycles. The first-order valence-electron chi connectivity index (χ1n) is 5.76. The van der Waals surface area contributed by atoms with Gasteiger partial charge >= 0.3 is 0 Å². The molecule has 0 aliphatic carbocycles. The Morgan fingerprint density at radius 3 is 2.35 bits per heavy atom. The van der Waals surface area contributed by atoms with Gasteiger partial charge in [-0.2, -0.15) is 5.26 Å². The first kappa shape index (κ1) is 14.0. The summed E-state index contributed by atoms with van der Waals surface area (Å²) >= 11 is 0. The summed E-state index contributed by atoms with van der Waals surface area (Å²) in [5.74, 6) is -0.00440. The Bertz CT molecular complexity index is 774. The van der Waals surface area contributed by atoms with Gasteiger partial charge in [-0.3, -0.25) is 0 Å². The smallest absolute Gasteiger partial charge is 0.247 e. The second-order valence-electron chi connectivity index (χ2n) is 4.19. The Morgan fingerprint density at radius 2 is 1.75 bits per heavy atom. The lowest BCUT2D eigenvalue weighted by molar-refractivity contribution is 0.600. The summed E-state index contributed by atoms with van der Waals surface area (Å²) in [4.78, 5) is 7.94. The first-order chi connectivity index (χ1) is 9.42. The van der Waals surface area contributed by atoms with Gasteiger partial charge in [0.05, 0.1) is 5.56 Å². The fraction of sp³-hybridized carbons (Fsp3) is 0.154.